The number of hydrogen-bond acceptors (Lipinski definition) is 5. The van der Waals surface area contributed by atoms with E-state index >= 15 is 0 Å². The van der Waals surface area contributed by atoms with E-state index in [2.05, 4.69) is 21.2 Å². The van der Waals surface area contributed by atoms with Gasteiger partial charge >= 0.3 is 5.97 Å². The Morgan fingerprint density at radius 3 is 2.21 bits per heavy atom. The number of nitrogens with zero attached hydrogens (tertiary/aromatic N) is 1. The van der Waals surface area contributed by atoms with E-state index in [9.17, 15) is 14.4 Å². The smallest absolute Gasteiger partial charge is 0.343 e. The quantitative estimate of drug-likeness (QED) is 0.223. The predicted octanol–water partition coefficient (Wildman–Crippen LogP) is 6.37. The first-order valence-corrected chi connectivity index (χ1v) is 11.6. The summed E-state index contributed by atoms with van der Waals surface area (Å²) in [6.07, 6.45) is 0. The highest BCUT2D eigenvalue weighted by atomic mass is 79.9. The van der Waals surface area contributed by atoms with E-state index in [1.807, 2.05) is 26.0 Å². The molecule has 9 heteroatoms. The summed E-state index contributed by atoms with van der Waals surface area (Å²) in [7, 11) is 0. The molecule has 0 radical (unpaired) electrons. The van der Waals surface area contributed by atoms with E-state index < -0.39 is 17.8 Å². The van der Waals surface area contributed by atoms with Crippen LogP contribution in [-0.4, -0.2) is 17.8 Å². The van der Waals surface area contributed by atoms with Gasteiger partial charge in [-0.1, -0.05) is 45.2 Å². The van der Waals surface area contributed by atoms with Gasteiger partial charge in [-0.2, -0.15) is 0 Å². The molecular formula is C25H17BrCl2N2O4. The summed E-state index contributed by atoms with van der Waals surface area (Å²) in [6.45, 7) is 3.72. The molecule has 3 aromatic rings. The lowest BCUT2D eigenvalue weighted by molar-refractivity contribution is -0.120. The summed E-state index contributed by atoms with van der Waals surface area (Å²) in [5.74, 6) is -1.28. The monoisotopic (exact) mass is 558 g/mol. The number of nitrogens with one attached hydrogen (secondary N) is 1. The van der Waals surface area contributed by atoms with Crippen molar-refractivity contribution in [3.05, 3.63) is 97.6 Å². The van der Waals surface area contributed by atoms with Gasteiger partial charge in [-0.05, 0) is 79.6 Å². The van der Waals surface area contributed by atoms with Crippen molar-refractivity contribution in [2.45, 2.75) is 13.8 Å². The lowest BCUT2D eigenvalue weighted by Crippen LogP contribution is -2.32. The Balaban J connectivity index is 1.50. The number of benzene rings is 3. The van der Waals surface area contributed by atoms with Crippen LogP contribution in [0.1, 0.15) is 21.5 Å². The van der Waals surface area contributed by atoms with Crippen LogP contribution < -0.4 is 15.0 Å². The van der Waals surface area contributed by atoms with Gasteiger partial charge in [-0.15, -0.1) is 0 Å². The first-order valence-electron chi connectivity index (χ1n) is 10.1. The third kappa shape index (κ3) is 4.73. The molecule has 0 saturated carbocycles. The van der Waals surface area contributed by atoms with E-state index in [0.717, 1.165) is 20.5 Å². The lowest BCUT2D eigenvalue weighted by Gasteiger charge is -2.15. The third-order valence-corrected chi connectivity index (χ3v) is 6.15. The number of carbonyl (C=O) groups excluding carboxylic acids is 3. The van der Waals surface area contributed by atoms with Crippen molar-refractivity contribution in [1.29, 1.82) is 0 Å². The molecule has 0 spiro atoms. The van der Waals surface area contributed by atoms with Crippen LogP contribution in [0, 0.1) is 13.8 Å². The van der Waals surface area contributed by atoms with Gasteiger partial charge < -0.3 is 10.1 Å². The molecule has 0 saturated heterocycles. The molecule has 6 nitrogen and oxygen atoms in total. The molecule has 3 aromatic carbocycles. The molecule has 0 aromatic heterocycles. The van der Waals surface area contributed by atoms with Gasteiger partial charge in [0.25, 0.3) is 11.8 Å². The molecule has 2 amide bonds. The molecule has 0 fully saturated rings. The SMILES string of the molecule is Cc1cc(Br)cc(C)c1OC(=O)c1ccc(NC2=C(Cl)C(=O)N(c3cccc(Cl)c3)C2=O)cc1. The zero-order valence-electron chi connectivity index (χ0n) is 18.0. The van der Waals surface area contributed by atoms with Gasteiger partial charge in [-0.3, -0.25) is 9.59 Å². The predicted molar refractivity (Wildman–Crippen MR) is 135 cm³/mol. The van der Waals surface area contributed by atoms with Crippen LogP contribution in [0.15, 0.2) is 75.9 Å². The minimum atomic E-state index is -0.656. The molecule has 1 aliphatic rings. The topological polar surface area (TPSA) is 75.7 Å². The van der Waals surface area contributed by atoms with Crippen LogP contribution >= 0.6 is 39.1 Å². The van der Waals surface area contributed by atoms with Gasteiger partial charge in [0.05, 0.1) is 11.3 Å². The largest absolute Gasteiger partial charge is 0.422 e. The molecule has 34 heavy (non-hydrogen) atoms. The summed E-state index contributed by atoms with van der Waals surface area (Å²) in [4.78, 5) is 39.1. The van der Waals surface area contributed by atoms with Crippen LogP contribution in [0.25, 0.3) is 0 Å². The molecule has 1 heterocycles. The van der Waals surface area contributed by atoms with Crippen molar-refractivity contribution >= 4 is 68.3 Å². The van der Waals surface area contributed by atoms with Gasteiger partial charge in [-0.25, -0.2) is 9.69 Å². The first-order chi connectivity index (χ1) is 16.2. The van der Waals surface area contributed by atoms with Gasteiger partial charge in [0.2, 0.25) is 0 Å². The highest BCUT2D eigenvalue weighted by Crippen LogP contribution is 2.32. The second kappa shape index (κ2) is 9.62. The van der Waals surface area contributed by atoms with Crippen LogP contribution in [0.4, 0.5) is 11.4 Å². The number of anilines is 2. The Bertz CT molecular complexity index is 1350. The second-order valence-corrected chi connectivity index (χ2v) is 9.31. The maximum Gasteiger partial charge on any atom is 0.343 e. The summed E-state index contributed by atoms with van der Waals surface area (Å²) in [6, 6.07) is 16.4. The molecule has 1 aliphatic heterocycles. The Labute approximate surface area is 214 Å². The fraction of sp³-hybridized carbons (Fsp3) is 0.0800. The number of aryl methyl sites for hydroxylation is 2. The number of imide groups is 1. The van der Waals surface area contributed by atoms with Crippen molar-refractivity contribution in [3.8, 4) is 5.75 Å². The molecule has 4 rings (SSSR count). The van der Waals surface area contributed by atoms with Crippen molar-refractivity contribution in [3.63, 3.8) is 0 Å². The third-order valence-electron chi connectivity index (χ3n) is 5.10. The normalized spacial score (nSPS) is 13.5. The number of amides is 2. The number of esters is 1. The number of rotatable bonds is 5. The number of ether oxygens (including phenoxy) is 1. The Kier molecular flexibility index (Phi) is 6.79. The zero-order chi connectivity index (χ0) is 24.6. The Morgan fingerprint density at radius 2 is 1.59 bits per heavy atom. The van der Waals surface area contributed by atoms with Gasteiger partial charge in [0, 0.05) is 15.2 Å². The fourth-order valence-corrected chi connectivity index (χ4v) is 4.59. The first kappa shape index (κ1) is 24.0. The minimum Gasteiger partial charge on any atom is -0.422 e. The van der Waals surface area contributed by atoms with E-state index in [1.54, 1.807) is 42.5 Å². The highest BCUT2D eigenvalue weighted by Gasteiger charge is 2.39. The molecule has 0 aliphatic carbocycles. The van der Waals surface area contributed by atoms with Crippen molar-refractivity contribution in [2.24, 2.45) is 0 Å². The van der Waals surface area contributed by atoms with E-state index in [0.29, 0.717) is 27.7 Å². The fourth-order valence-electron chi connectivity index (χ4n) is 3.51. The number of carbonyl (C=O) groups is 3. The summed E-state index contributed by atoms with van der Waals surface area (Å²) in [5.41, 5.74) is 2.69. The summed E-state index contributed by atoms with van der Waals surface area (Å²) < 4.78 is 6.49. The maximum absolute atomic E-state index is 12.9. The van der Waals surface area contributed by atoms with Crippen molar-refractivity contribution < 1.29 is 19.1 Å². The minimum absolute atomic E-state index is 0.0666. The molecule has 0 bridgehead atoms. The maximum atomic E-state index is 12.9. The lowest BCUT2D eigenvalue weighted by atomic mass is 10.1. The van der Waals surface area contributed by atoms with E-state index in [-0.39, 0.29) is 10.7 Å². The van der Waals surface area contributed by atoms with E-state index in [4.69, 9.17) is 27.9 Å². The Hall–Kier alpha value is -3.13. The van der Waals surface area contributed by atoms with Gasteiger partial charge in [0.1, 0.15) is 16.5 Å². The number of halogens is 3. The number of hydrogen-bond donors (Lipinski definition) is 1. The Morgan fingerprint density at radius 1 is 0.941 bits per heavy atom. The van der Waals surface area contributed by atoms with Gasteiger partial charge in [0.15, 0.2) is 0 Å². The molecule has 0 atom stereocenters. The van der Waals surface area contributed by atoms with Crippen molar-refractivity contribution in [1.82, 2.24) is 0 Å². The summed E-state index contributed by atoms with van der Waals surface area (Å²) >= 11 is 15.6. The zero-order valence-corrected chi connectivity index (χ0v) is 21.1. The standard InChI is InChI=1S/C25H17BrCl2N2O4/c1-13-10-16(26)11-14(2)22(13)34-25(33)15-6-8-18(9-7-15)29-21-20(28)23(31)30(24(21)32)19-5-3-4-17(27)12-19/h3-12,29H,1-2H3. The molecule has 0 unspecified atom stereocenters. The van der Waals surface area contributed by atoms with Crippen molar-refractivity contribution in [2.75, 3.05) is 10.2 Å². The highest BCUT2D eigenvalue weighted by molar-refractivity contribution is 9.10. The molecule has 1 N–H and O–H groups in total. The van der Waals surface area contributed by atoms with Crippen LogP contribution in [0.2, 0.25) is 5.02 Å². The average Bonchev–Trinajstić information content (AvgIpc) is 2.99. The molecular weight excluding hydrogens is 543 g/mol. The van der Waals surface area contributed by atoms with E-state index in [1.165, 1.54) is 6.07 Å². The van der Waals surface area contributed by atoms with Crippen LogP contribution in [0.5, 0.6) is 5.75 Å². The van der Waals surface area contributed by atoms with Crippen LogP contribution in [0.3, 0.4) is 0 Å². The average molecular weight is 560 g/mol. The summed E-state index contributed by atoms with van der Waals surface area (Å²) in [5, 5.41) is 3.01. The second-order valence-electron chi connectivity index (χ2n) is 7.58. The molecule has 172 valence electrons. The van der Waals surface area contributed by atoms with Crippen LogP contribution in [-0.2, 0) is 9.59 Å².